The molecule has 4 nitrogen and oxygen atoms in total. The first kappa shape index (κ1) is 19.5. The molecule has 148 valence electrons. The molecule has 1 aliphatic rings. The molecule has 1 fully saturated rings. The summed E-state index contributed by atoms with van der Waals surface area (Å²) in [5, 5.41) is 5.84. The van der Waals surface area contributed by atoms with E-state index in [1.165, 1.54) is 0 Å². The minimum absolute atomic E-state index is 0.0484. The molecule has 1 N–H and O–H groups in total. The molecular formula is C24H23ClN2O2. The molecule has 2 amide bonds. The maximum Gasteiger partial charge on any atom is 0.252 e. The number of amides is 2. The van der Waals surface area contributed by atoms with Gasteiger partial charge in [-0.05, 0) is 47.4 Å². The van der Waals surface area contributed by atoms with Crippen LogP contribution >= 0.6 is 11.6 Å². The van der Waals surface area contributed by atoms with Gasteiger partial charge in [0.15, 0.2) is 0 Å². The summed E-state index contributed by atoms with van der Waals surface area (Å²) in [5.41, 5.74) is 1.66. The molecule has 1 saturated heterocycles. The van der Waals surface area contributed by atoms with Crippen molar-refractivity contribution < 1.29 is 9.59 Å². The summed E-state index contributed by atoms with van der Waals surface area (Å²) in [6.45, 7) is 1.32. The highest BCUT2D eigenvalue weighted by Crippen LogP contribution is 2.20. The van der Waals surface area contributed by atoms with Gasteiger partial charge in [0, 0.05) is 29.7 Å². The Balaban J connectivity index is 1.33. The molecule has 0 radical (unpaired) electrons. The SMILES string of the molecule is O=C(NC1CCN(C(=O)Cc2ccc(Cl)cc2)CC1)c1cccc2ccccc12. The van der Waals surface area contributed by atoms with E-state index in [2.05, 4.69) is 5.32 Å². The van der Waals surface area contributed by atoms with E-state index in [0.717, 1.165) is 29.2 Å². The third kappa shape index (κ3) is 4.60. The molecule has 1 heterocycles. The second-order valence-corrected chi connectivity index (χ2v) is 7.89. The van der Waals surface area contributed by atoms with Crippen molar-refractivity contribution in [2.24, 2.45) is 0 Å². The van der Waals surface area contributed by atoms with E-state index in [-0.39, 0.29) is 17.9 Å². The van der Waals surface area contributed by atoms with Crippen LogP contribution in [0.5, 0.6) is 0 Å². The van der Waals surface area contributed by atoms with Crippen molar-refractivity contribution in [1.82, 2.24) is 10.2 Å². The molecule has 3 aromatic rings. The Morgan fingerprint density at radius 2 is 1.62 bits per heavy atom. The number of nitrogens with zero attached hydrogens (tertiary/aromatic N) is 1. The monoisotopic (exact) mass is 406 g/mol. The van der Waals surface area contributed by atoms with Gasteiger partial charge in [0.1, 0.15) is 0 Å². The lowest BCUT2D eigenvalue weighted by atomic mass is 10.0. The molecule has 3 aromatic carbocycles. The number of carbonyl (C=O) groups is 2. The average molecular weight is 407 g/mol. The molecule has 1 aliphatic heterocycles. The lowest BCUT2D eigenvalue weighted by Gasteiger charge is -2.32. The number of benzene rings is 3. The lowest BCUT2D eigenvalue weighted by Crippen LogP contribution is -2.47. The van der Waals surface area contributed by atoms with Crippen LogP contribution in [-0.2, 0) is 11.2 Å². The topological polar surface area (TPSA) is 49.4 Å². The summed E-state index contributed by atoms with van der Waals surface area (Å²) in [7, 11) is 0. The molecule has 0 saturated carbocycles. The van der Waals surface area contributed by atoms with Crippen LogP contribution in [0, 0.1) is 0 Å². The first-order chi connectivity index (χ1) is 14.1. The molecule has 0 bridgehead atoms. The van der Waals surface area contributed by atoms with Gasteiger partial charge in [-0.2, -0.15) is 0 Å². The molecule has 0 aliphatic carbocycles. The van der Waals surface area contributed by atoms with Crippen molar-refractivity contribution in [2.45, 2.75) is 25.3 Å². The minimum atomic E-state index is -0.0484. The molecule has 0 spiro atoms. The van der Waals surface area contributed by atoms with Crippen LogP contribution in [0.25, 0.3) is 10.8 Å². The van der Waals surface area contributed by atoms with Crippen molar-refractivity contribution in [2.75, 3.05) is 13.1 Å². The number of rotatable bonds is 4. The van der Waals surface area contributed by atoms with E-state index in [0.29, 0.717) is 30.1 Å². The fourth-order valence-corrected chi connectivity index (χ4v) is 3.97. The van der Waals surface area contributed by atoms with Crippen LogP contribution in [0.4, 0.5) is 0 Å². The van der Waals surface area contributed by atoms with Gasteiger partial charge in [-0.25, -0.2) is 0 Å². The quantitative estimate of drug-likeness (QED) is 0.695. The van der Waals surface area contributed by atoms with E-state index in [1.54, 1.807) is 12.1 Å². The van der Waals surface area contributed by atoms with Crippen molar-refractivity contribution in [1.29, 1.82) is 0 Å². The number of fused-ring (bicyclic) bond motifs is 1. The minimum Gasteiger partial charge on any atom is -0.349 e. The third-order valence-corrected chi connectivity index (χ3v) is 5.74. The fraction of sp³-hybridized carbons (Fsp3) is 0.250. The standard InChI is InChI=1S/C24H23ClN2O2/c25-19-10-8-17(9-11-19)16-23(28)27-14-12-20(13-15-27)26-24(29)22-7-3-5-18-4-1-2-6-21(18)22/h1-11,20H,12-16H2,(H,26,29). The molecule has 0 atom stereocenters. The number of piperidine rings is 1. The number of hydrogen-bond acceptors (Lipinski definition) is 2. The Hall–Kier alpha value is -2.85. The van der Waals surface area contributed by atoms with Crippen LogP contribution < -0.4 is 5.32 Å². The average Bonchev–Trinajstić information content (AvgIpc) is 2.75. The molecule has 0 unspecified atom stereocenters. The highest BCUT2D eigenvalue weighted by atomic mass is 35.5. The van der Waals surface area contributed by atoms with Crippen LogP contribution in [0.15, 0.2) is 66.7 Å². The van der Waals surface area contributed by atoms with E-state index in [4.69, 9.17) is 11.6 Å². The summed E-state index contributed by atoms with van der Waals surface area (Å²) < 4.78 is 0. The molecule has 0 aromatic heterocycles. The molecule has 29 heavy (non-hydrogen) atoms. The first-order valence-corrected chi connectivity index (χ1v) is 10.3. The number of carbonyl (C=O) groups excluding carboxylic acids is 2. The van der Waals surface area contributed by atoms with Crippen molar-refractivity contribution in [3.05, 3.63) is 82.9 Å². The van der Waals surface area contributed by atoms with Gasteiger partial charge in [-0.3, -0.25) is 9.59 Å². The summed E-state index contributed by atoms with van der Waals surface area (Å²) in [6, 6.07) is 21.2. The summed E-state index contributed by atoms with van der Waals surface area (Å²) in [5.74, 6) is 0.0684. The van der Waals surface area contributed by atoms with Crippen LogP contribution in [0.2, 0.25) is 5.02 Å². The van der Waals surface area contributed by atoms with E-state index < -0.39 is 0 Å². The fourth-order valence-electron chi connectivity index (χ4n) is 3.85. The van der Waals surface area contributed by atoms with Crippen LogP contribution in [-0.4, -0.2) is 35.8 Å². The van der Waals surface area contributed by atoms with Gasteiger partial charge in [-0.15, -0.1) is 0 Å². The lowest BCUT2D eigenvalue weighted by molar-refractivity contribution is -0.131. The maximum atomic E-state index is 12.8. The van der Waals surface area contributed by atoms with Crippen molar-refractivity contribution in [3.8, 4) is 0 Å². The Morgan fingerprint density at radius 1 is 0.931 bits per heavy atom. The Morgan fingerprint density at radius 3 is 2.38 bits per heavy atom. The van der Waals surface area contributed by atoms with Gasteiger partial charge in [-0.1, -0.05) is 60.1 Å². The van der Waals surface area contributed by atoms with Crippen LogP contribution in [0.1, 0.15) is 28.8 Å². The second-order valence-electron chi connectivity index (χ2n) is 7.46. The summed E-state index contributed by atoms with van der Waals surface area (Å²) in [6.07, 6.45) is 1.91. The summed E-state index contributed by atoms with van der Waals surface area (Å²) >= 11 is 5.90. The Kier molecular flexibility index (Phi) is 5.81. The first-order valence-electron chi connectivity index (χ1n) is 9.91. The second kappa shape index (κ2) is 8.66. The smallest absolute Gasteiger partial charge is 0.252 e. The summed E-state index contributed by atoms with van der Waals surface area (Å²) in [4.78, 5) is 27.2. The highest BCUT2D eigenvalue weighted by Gasteiger charge is 2.24. The zero-order valence-electron chi connectivity index (χ0n) is 16.1. The number of likely N-dealkylation sites (tertiary alicyclic amines) is 1. The largest absolute Gasteiger partial charge is 0.349 e. The number of halogens is 1. The van der Waals surface area contributed by atoms with Crippen LogP contribution in [0.3, 0.4) is 0 Å². The molecule has 4 rings (SSSR count). The van der Waals surface area contributed by atoms with Gasteiger partial charge < -0.3 is 10.2 Å². The van der Waals surface area contributed by atoms with Gasteiger partial charge >= 0.3 is 0 Å². The zero-order chi connectivity index (χ0) is 20.2. The Labute approximate surface area is 175 Å². The maximum absolute atomic E-state index is 12.8. The number of nitrogens with one attached hydrogen (secondary N) is 1. The van der Waals surface area contributed by atoms with Gasteiger partial charge in [0.2, 0.25) is 5.91 Å². The van der Waals surface area contributed by atoms with E-state index >= 15 is 0 Å². The van der Waals surface area contributed by atoms with E-state index in [9.17, 15) is 9.59 Å². The van der Waals surface area contributed by atoms with E-state index in [1.807, 2.05) is 59.5 Å². The predicted octanol–water partition coefficient (Wildman–Crippen LogP) is 4.46. The zero-order valence-corrected chi connectivity index (χ0v) is 16.9. The van der Waals surface area contributed by atoms with Gasteiger partial charge in [0.05, 0.1) is 6.42 Å². The van der Waals surface area contributed by atoms with Crippen molar-refractivity contribution in [3.63, 3.8) is 0 Å². The van der Waals surface area contributed by atoms with Gasteiger partial charge in [0.25, 0.3) is 5.91 Å². The normalized spacial score (nSPS) is 14.7. The Bertz CT molecular complexity index is 1020. The molecular weight excluding hydrogens is 384 g/mol. The molecule has 5 heteroatoms. The highest BCUT2D eigenvalue weighted by molar-refractivity contribution is 6.30. The number of hydrogen-bond donors (Lipinski definition) is 1. The predicted molar refractivity (Wildman–Crippen MR) is 116 cm³/mol. The third-order valence-electron chi connectivity index (χ3n) is 5.49. The van der Waals surface area contributed by atoms with Crippen molar-refractivity contribution >= 4 is 34.2 Å².